The average molecular weight is 396 g/mol. The van der Waals surface area contributed by atoms with Crippen LogP contribution < -0.4 is 5.32 Å². The second-order valence-corrected chi connectivity index (χ2v) is 6.95. The van der Waals surface area contributed by atoms with E-state index in [9.17, 15) is 14.4 Å². The molecule has 1 aliphatic rings. The van der Waals surface area contributed by atoms with Crippen molar-refractivity contribution in [3.05, 3.63) is 34.9 Å². The number of nitrogens with zero attached hydrogens (tertiary/aromatic N) is 2. The number of halogens is 1. The molecule has 148 valence electrons. The first-order valence-corrected chi connectivity index (χ1v) is 9.50. The van der Waals surface area contributed by atoms with Gasteiger partial charge in [-0.2, -0.15) is 0 Å². The minimum Gasteiger partial charge on any atom is -0.450 e. The summed E-state index contributed by atoms with van der Waals surface area (Å²) < 4.78 is 4.96. The molecule has 8 heteroatoms. The van der Waals surface area contributed by atoms with Crippen LogP contribution in [0.25, 0.3) is 0 Å². The lowest BCUT2D eigenvalue weighted by molar-refractivity contribution is -0.134. The number of ether oxygens (including phenoxy) is 1. The van der Waals surface area contributed by atoms with Crippen molar-refractivity contribution in [1.29, 1.82) is 0 Å². The Labute approximate surface area is 164 Å². The third-order valence-corrected chi connectivity index (χ3v) is 4.73. The van der Waals surface area contributed by atoms with Gasteiger partial charge in [0.05, 0.1) is 13.2 Å². The number of rotatable bonds is 6. The monoisotopic (exact) mass is 395 g/mol. The van der Waals surface area contributed by atoms with Gasteiger partial charge in [-0.05, 0) is 31.0 Å². The molecule has 3 amide bonds. The van der Waals surface area contributed by atoms with Gasteiger partial charge < -0.3 is 19.9 Å². The molecular formula is C19H26ClN3O4. The van der Waals surface area contributed by atoms with Crippen LogP contribution in [0.15, 0.2) is 24.3 Å². The zero-order valence-corrected chi connectivity index (χ0v) is 16.5. The Hall–Kier alpha value is -2.28. The maximum absolute atomic E-state index is 12.3. The molecule has 0 radical (unpaired) electrons. The van der Waals surface area contributed by atoms with Crippen molar-refractivity contribution in [2.24, 2.45) is 5.92 Å². The summed E-state index contributed by atoms with van der Waals surface area (Å²) in [6.07, 6.45) is 0.226. The number of carbonyl (C=O) groups is 3. The summed E-state index contributed by atoms with van der Waals surface area (Å²) in [7, 11) is 0. The summed E-state index contributed by atoms with van der Waals surface area (Å²) in [5.41, 5.74) is 1.02. The highest BCUT2D eigenvalue weighted by atomic mass is 35.5. The van der Waals surface area contributed by atoms with Crippen LogP contribution in [0.2, 0.25) is 5.02 Å². The third-order valence-electron chi connectivity index (χ3n) is 4.47. The van der Waals surface area contributed by atoms with E-state index >= 15 is 0 Å². The van der Waals surface area contributed by atoms with Crippen LogP contribution >= 0.6 is 11.6 Å². The Balaban J connectivity index is 1.72. The molecule has 0 saturated carbocycles. The molecule has 1 aromatic carbocycles. The van der Waals surface area contributed by atoms with Gasteiger partial charge in [0.15, 0.2) is 0 Å². The van der Waals surface area contributed by atoms with Crippen LogP contribution in [-0.4, -0.2) is 67.0 Å². The molecule has 1 N–H and O–H groups in total. The maximum Gasteiger partial charge on any atom is 0.409 e. The molecule has 27 heavy (non-hydrogen) atoms. The van der Waals surface area contributed by atoms with E-state index in [1.54, 1.807) is 28.9 Å². The van der Waals surface area contributed by atoms with E-state index in [-0.39, 0.29) is 30.4 Å². The van der Waals surface area contributed by atoms with Crippen molar-refractivity contribution in [2.75, 3.05) is 39.3 Å². The van der Waals surface area contributed by atoms with Gasteiger partial charge in [-0.1, -0.05) is 30.7 Å². The van der Waals surface area contributed by atoms with E-state index in [4.69, 9.17) is 16.3 Å². The minimum absolute atomic E-state index is 0.0385. The highest BCUT2D eigenvalue weighted by Crippen LogP contribution is 2.13. The molecule has 1 fully saturated rings. The lowest BCUT2D eigenvalue weighted by atomic mass is 10.0. The van der Waals surface area contributed by atoms with Crippen LogP contribution in [0.3, 0.4) is 0 Å². The molecule has 0 aromatic heterocycles. The minimum atomic E-state index is -0.353. The van der Waals surface area contributed by atoms with Gasteiger partial charge in [0.1, 0.15) is 0 Å². The van der Waals surface area contributed by atoms with E-state index < -0.39 is 0 Å². The van der Waals surface area contributed by atoms with E-state index in [0.29, 0.717) is 44.2 Å². The molecule has 1 atom stereocenters. The number of hydrogen-bond acceptors (Lipinski definition) is 4. The summed E-state index contributed by atoms with van der Waals surface area (Å²) in [5, 5.41) is 3.36. The topological polar surface area (TPSA) is 79.0 Å². The fourth-order valence-corrected chi connectivity index (χ4v) is 2.99. The summed E-state index contributed by atoms with van der Waals surface area (Å²) in [6.45, 7) is 5.63. The van der Waals surface area contributed by atoms with Gasteiger partial charge in [-0.15, -0.1) is 0 Å². The second-order valence-electron chi connectivity index (χ2n) is 6.52. The highest BCUT2D eigenvalue weighted by Gasteiger charge is 2.25. The quantitative estimate of drug-likeness (QED) is 0.798. The van der Waals surface area contributed by atoms with E-state index in [2.05, 4.69) is 5.32 Å². The van der Waals surface area contributed by atoms with E-state index in [1.807, 2.05) is 19.1 Å². The zero-order chi connectivity index (χ0) is 19.8. The predicted octanol–water partition coefficient (Wildman–Crippen LogP) is 1.94. The molecule has 1 heterocycles. The first kappa shape index (κ1) is 21.0. The van der Waals surface area contributed by atoms with Crippen LogP contribution in [0.4, 0.5) is 4.79 Å². The maximum atomic E-state index is 12.3. The third kappa shape index (κ3) is 6.43. The molecule has 1 aliphatic heterocycles. The molecule has 0 spiro atoms. The number of hydrogen-bond donors (Lipinski definition) is 1. The fourth-order valence-electron chi connectivity index (χ4n) is 2.87. The molecule has 0 aliphatic carbocycles. The van der Waals surface area contributed by atoms with E-state index in [0.717, 1.165) is 5.56 Å². The van der Waals surface area contributed by atoms with E-state index in [1.165, 1.54) is 0 Å². The van der Waals surface area contributed by atoms with Crippen LogP contribution in [0, 0.1) is 5.92 Å². The molecule has 7 nitrogen and oxygen atoms in total. The Morgan fingerprint density at radius 2 is 1.70 bits per heavy atom. The fraction of sp³-hybridized carbons (Fsp3) is 0.526. The molecule has 1 unspecified atom stereocenters. The number of nitrogens with one attached hydrogen (secondary N) is 1. The van der Waals surface area contributed by atoms with Gasteiger partial charge in [0, 0.05) is 37.1 Å². The molecule has 1 aromatic rings. The number of piperazine rings is 1. The van der Waals surface area contributed by atoms with Crippen molar-refractivity contribution < 1.29 is 19.1 Å². The smallest absolute Gasteiger partial charge is 0.409 e. The number of amides is 3. The molecule has 2 rings (SSSR count). The van der Waals surface area contributed by atoms with Crippen molar-refractivity contribution in [1.82, 2.24) is 15.1 Å². The van der Waals surface area contributed by atoms with Crippen LogP contribution in [-0.2, 0) is 20.7 Å². The van der Waals surface area contributed by atoms with Crippen LogP contribution in [0.5, 0.6) is 0 Å². The normalized spacial score (nSPS) is 15.2. The molecular weight excluding hydrogens is 370 g/mol. The van der Waals surface area contributed by atoms with Gasteiger partial charge in [0.2, 0.25) is 11.8 Å². The molecule has 0 bridgehead atoms. The highest BCUT2D eigenvalue weighted by molar-refractivity contribution is 6.30. The summed E-state index contributed by atoms with van der Waals surface area (Å²) in [4.78, 5) is 39.4. The molecule has 1 saturated heterocycles. The Morgan fingerprint density at radius 3 is 2.30 bits per heavy atom. The summed E-state index contributed by atoms with van der Waals surface area (Å²) >= 11 is 5.86. The predicted molar refractivity (Wildman–Crippen MR) is 103 cm³/mol. The standard InChI is InChI=1S/C19H26ClN3O4/c1-3-27-19(26)23-10-8-22(9-11-23)17(24)13-21-18(25)14(2)12-15-4-6-16(20)7-5-15/h4-7,14H,3,8-13H2,1-2H3,(H,21,25). The van der Waals surface area contributed by atoms with Gasteiger partial charge in [-0.25, -0.2) is 4.79 Å². The van der Waals surface area contributed by atoms with Gasteiger partial charge in [-0.3, -0.25) is 9.59 Å². The zero-order valence-electron chi connectivity index (χ0n) is 15.7. The van der Waals surface area contributed by atoms with Crippen molar-refractivity contribution in [3.63, 3.8) is 0 Å². The van der Waals surface area contributed by atoms with Crippen molar-refractivity contribution >= 4 is 29.5 Å². The largest absolute Gasteiger partial charge is 0.450 e. The average Bonchev–Trinajstić information content (AvgIpc) is 2.67. The van der Waals surface area contributed by atoms with Gasteiger partial charge in [0.25, 0.3) is 0 Å². The first-order valence-electron chi connectivity index (χ1n) is 9.12. The number of benzene rings is 1. The van der Waals surface area contributed by atoms with Crippen LogP contribution in [0.1, 0.15) is 19.4 Å². The van der Waals surface area contributed by atoms with Crippen molar-refractivity contribution in [3.8, 4) is 0 Å². The second kappa shape index (κ2) is 10.2. The Kier molecular flexibility index (Phi) is 7.91. The van der Waals surface area contributed by atoms with Gasteiger partial charge >= 0.3 is 6.09 Å². The summed E-state index contributed by atoms with van der Waals surface area (Å²) in [5.74, 6) is -0.561. The Bertz CT molecular complexity index is 657. The SMILES string of the molecule is CCOC(=O)N1CCN(C(=O)CNC(=O)C(C)Cc2ccc(Cl)cc2)CC1. The lowest BCUT2D eigenvalue weighted by Gasteiger charge is -2.34. The number of carbonyl (C=O) groups excluding carboxylic acids is 3. The summed E-state index contributed by atoms with van der Waals surface area (Å²) in [6, 6.07) is 7.36. The van der Waals surface area contributed by atoms with Crippen molar-refractivity contribution in [2.45, 2.75) is 20.3 Å². The first-order chi connectivity index (χ1) is 12.9. The Morgan fingerprint density at radius 1 is 1.11 bits per heavy atom. The lowest BCUT2D eigenvalue weighted by Crippen LogP contribution is -2.53.